The quantitative estimate of drug-likeness (QED) is 0.0331. The molecule has 0 saturated heterocycles. The third kappa shape index (κ3) is 13.1. The summed E-state index contributed by atoms with van der Waals surface area (Å²) in [6.07, 6.45) is 5.68. The molecule has 0 bridgehead atoms. The van der Waals surface area contributed by atoms with Gasteiger partial charge in [-0.05, 0) is 95.9 Å². The number of aromatic nitrogens is 2. The van der Waals surface area contributed by atoms with Crippen LogP contribution in [-0.4, -0.2) is 84.2 Å². The zero-order valence-electron chi connectivity index (χ0n) is 41.0. The lowest BCUT2D eigenvalue weighted by Crippen LogP contribution is -2.38. The van der Waals surface area contributed by atoms with Gasteiger partial charge in [0.25, 0.3) is 11.6 Å². The van der Waals surface area contributed by atoms with E-state index in [-0.39, 0.29) is 61.3 Å². The van der Waals surface area contributed by atoms with Crippen LogP contribution in [0.2, 0.25) is 0 Å². The number of Topliss-reactive ketones (excluding diaryl/α,β-unsaturated/α-hetero) is 1. The maximum Gasteiger partial charge on any atom is 0.269 e. The number of aliphatic hydroxyl groups is 1. The first-order valence-electron chi connectivity index (χ1n) is 24.4. The van der Waals surface area contributed by atoms with Crippen molar-refractivity contribution in [2.24, 2.45) is 17.8 Å². The highest BCUT2D eigenvalue weighted by molar-refractivity contribution is 7.13. The maximum absolute atomic E-state index is 14.2. The Kier molecular flexibility index (Phi) is 17.4. The third-order valence-corrected chi connectivity index (χ3v) is 14.1. The number of ketones is 1. The minimum atomic E-state index is -0.766. The van der Waals surface area contributed by atoms with Crippen molar-refractivity contribution in [3.8, 4) is 22.1 Å². The molecule has 1 unspecified atom stereocenters. The number of aryl methyl sites for hydroxylation is 1. The van der Waals surface area contributed by atoms with Crippen molar-refractivity contribution >= 4 is 46.1 Å². The van der Waals surface area contributed by atoms with E-state index in [1.54, 1.807) is 29.5 Å². The number of nitro benzene ring substituents is 1. The standard InChI is InChI=1S/C56H61N5O10S/c1-36(2)53(54(63)48-30-45(62)31-49(48)56(64)58-37(3)41-16-18-42(19-17-41)55-38(4)57-35-72-55)51-32-52(59-71-51)70-29-27-68-25-24-67-26-28-69-46-22-14-40(15-23-46)33-60-34-43(47-10-5-6-11-50(47)60)9-7-8-39-12-20-44(21-13-39)61(65)66/h5-23,32,35-37,45,48-49,53,62H,24-31,33-34H2,1-4H3,(H,58,64)/b8-7+,43-9+/t37-,45-,48?,49+,53-/m0/s1. The Labute approximate surface area is 423 Å². The zero-order valence-corrected chi connectivity index (χ0v) is 41.8. The Morgan fingerprint density at radius 3 is 2.29 bits per heavy atom. The number of fused-ring (bicyclic) bond motifs is 1. The lowest BCUT2D eigenvalue weighted by Gasteiger charge is -2.25. The number of carbonyl (C=O) groups excluding carboxylic acids is 2. The molecule has 5 atom stereocenters. The zero-order chi connectivity index (χ0) is 50.6. The van der Waals surface area contributed by atoms with Gasteiger partial charge in [0.05, 0.1) is 71.4 Å². The number of hydrogen-bond donors (Lipinski definition) is 2. The first kappa shape index (κ1) is 51.4. The molecule has 3 heterocycles. The fourth-order valence-corrected chi connectivity index (χ4v) is 10.2. The van der Waals surface area contributed by atoms with E-state index in [0.717, 1.165) is 51.7 Å². The summed E-state index contributed by atoms with van der Waals surface area (Å²) in [5.41, 5.74) is 10.5. The average molecular weight is 996 g/mol. The number of rotatable bonds is 24. The largest absolute Gasteiger partial charge is 0.491 e. The highest BCUT2D eigenvalue weighted by Gasteiger charge is 2.46. The molecule has 72 heavy (non-hydrogen) atoms. The van der Waals surface area contributed by atoms with Crippen LogP contribution in [0.3, 0.4) is 0 Å². The van der Waals surface area contributed by atoms with Crippen LogP contribution in [0, 0.1) is 34.8 Å². The van der Waals surface area contributed by atoms with E-state index >= 15 is 0 Å². The number of nitro groups is 1. The number of ether oxygens (including phenoxy) is 4. The Morgan fingerprint density at radius 2 is 1.60 bits per heavy atom. The summed E-state index contributed by atoms with van der Waals surface area (Å²) in [6.45, 7) is 11.2. The molecule has 2 N–H and O–H groups in total. The summed E-state index contributed by atoms with van der Waals surface area (Å²) in [5, 5.41) is 28.8. The van der Waals surface area contributed by atoms with E-state index in [9.17, 15) is 24.8 Å². The molecule has 15 nitrogen and oxygen atoms in total. The van der Waals surface area contributed by atoms with Crippen LogP contribution < -0.4 is 19.7 Å². The van der Waals surface area contributed by atoms with E-state index in [2.05, 4.69) is 50.7 Å². The number of para-hydroxylation sites is 1. The van der Waals surface area contributed by atoms with Gasteiger partial charge in [0, 0.05) is 48.5 Å². The van der Waals surface area contributed by atoms with Crippen LogP contribution >= 0.6 is 11.3 Å². The molecule has 376 valence electrons. The number of hydrogen-bond acceptors (Lipinski definition) is 14. The van der Waals surface area contributed by atoms with Crippen molar-refractivity contribution in [3.05, 3.63) is 165 Å². The fourth-order valence-electron chi connectivity index (χ4n) is 9.36. The van der Waals surface area contributed by atoms with Crippen molar-refractivity contribution in [1.29, 1.82) is 0 Å². The summed E-state index contributed by atoms with van der Waals surface area (Å²) in [6, 6.07) is 32.3. The molecule has 0 radical (unpaired) electrons. The predicted octanol–water partition coefficient (Wildman–Crippen LogP) is 10.2. The second kappa shape index (κ2) is 24.4. The summed E-state index contributed by atoms with van der Waals surface area (Å²) in [7, 11) is 0. The number of nitrogens with zero attached hydrogens (tertiary/aromatic N) is 4. The summed E-state index contributed by atoms with van der Waals surface area (Å²) in [4.78, 5) is 46.3. The molecule has 6 aromatic rings. The van der Waals surface area contributed by atoms with Gasteiger partial charge >= 0.3 is 0 Å². The molecule has 1 amide bonds. The summed E-state index contributed by atoms with van der Waals surface area (Å²) >= 11 is 1.59. The van der Waals surface area contributed by atoms with Crippen LogP contribution in [0.4, 0.5) is 11.4 Å². The Balaban J connectivity index is 0.713. The van der Waals surface area contributed by atoms with E-state index in [0.29, 0.717) is 32.2 Å². The number of benzene rings is 4. The number of non-ortho nitro benzene ring substituents is 1. The number of aliphatic hydroxyl groups excluding tert-OH is 1. The van der Waals surface area contributed by atoms with Crippen LogP contribution in [0.15, 0.2) is 125 Å². The third-order valence-electron chi connectivity index (χ3n) is 13.1. The van der Waals surface area contributed by atoms with Gasteiger partial charge in [0.2, 0.25) is 5.91 Å². The van der Waals surface area contributed by atoms with Gasteiger partial charge in [-0.25, -0.2) is 4.98 Å². The highest BCUT2D eigenvalue weighted by atomic mass is 32.1. The molecule has 1 aliphatic heterocycles. The molecule has 0 spiro atoms. The normalized spacial score (nSPS) is 17.9. The number of allylic oxidation sites excluding steroid dienone is 2. The predicted molar refractivity (Wildman–Crippen MR) is 277 cm³/mol. The highest BCUT2D eigenvalue weighted by Crippen LogP contribution is 2.41. The molecule has 1 fully saturated rings. The minimum absolute atomic E-state index is 0.0731. The number of thiazole rings is 1. The molecular weight excluding hydrogens is 935 g/mol. The molecule has 4 aromatic carbocycles. The lowest BCUT2D eigenvalue weighted by molar-refractivity contribution is -0.384. The van der Waals surface area contributed by atoms with Crippen molar-refractivity contribution in [1.82, 2.24) is 15.5 Å². The van der Waals surface area contributed by atoms with Gasteiger partial charge in [-0.1, -0.05) is 86.7 Å². The van der Waals surface area contributed by atoms with Crippen LogP contribution in [0.5, 0.6) is 11.6 Å². The fraction of sp³-hybridized carbons (Fsp3) is 0.357. The van der Waals surface area contributed by atoms with Crippen molar-refractivity contribution in [2.75, 3.05) is 51.1 Å². The first-order valence-corrected chi connectivity index (χ1v) is 25.2. The monoisotopic (exact) mass is 995 g/mol. The first-order chi connectivity index (χ1) is 34.9. The molecule has 16 heteroatoms. The van der Waals surface area contributed by atoms with Crippen molar-refractivity contribution in [2.45, 2.75) is 65.1 Å². The van der Waals surface area contributed by atoms with E-state index in [1.165, 1.54) is 29.0 Å². The van der Waals surface area contributed by atoms with Crippen molar-refractivity contribution < 1.29 is 43.1 Å². The van der Waals surface area contributed by atoms with Gasteiger partial charge < -0.3 is 38.8 Å². The van der Waals surface area contributed by atoms with Crippen LogP contribution in [0.25, 0.3) is 22.1 Å². The molecular formula is C56H61N5O10S. The smallest absolute Gasteiger partial charge is 0.269 e. The number of nitrogens with one attached hydrogen (secondary N) is 1. The Bertz CT molecular complexity index is 2820. The second-order valence-corrected chi connectivity index (χ2v) is 19.3. The van der Waals surface area contributed by atoms with Crippen LogP contribution in [0.1, 0.15) is 79.3 Å². The van der Waals surface area contributed by atoms with Crippen molar-refractivity contribution in [3.63, 3.8) is 0 Å². The van der Waals surface area contributed by atoms with E-state index in [1.807, 2.05) is 93.9 Å². The molecule has 1 saturated carbocycles. The summed E-state index contributed by atoms with van der Waals surface area (Å²) in [5.74, 6) is -1.28. The number of carbonyl (C=O) groups is 2. The molecule has 1 aliphatic carbocycles. The average Bonchev–Trinajstić information content (AvgIpc) is 4.20. The minimum Gasteiger partial charge on any atom is -0.491 e. The molecule has 8 rings (SSSR count). The maximum atomic E-state index is 14.2. The van der Waals surface area contributed by atoms with E-state index in [4.69, 9.17) is 23.5 Å². The SMILES string of the molecule is Cc1ncsc1-c1ccc([C@H](C)NC(=O)[C@@H]2C[C@@H](O)CC2C(=O)[C@H](c2cc(OCCOCCOCCOc3ccc(CN4C/C(=C\C=C\c5ccc([N+](=O)[O-])cc5)c5ccccc54)cc3)no2)C(C)C)cc1. The summed E-state index contributed by atoms with van der Waals surface area (Å²) < 4.78 is 28.8. The Hall–Kier alpha value is -6.98. The number of amides is 1. The van der Waals surface area contributed by atoms with Gasteiger partial charge in [-0.3, -0.25) is 19.7 Å². The van der Waals surface area contributed by atoms with E-state index < -0.39 is 28.8 Å². The van der Waals surface area contributed by atoms with Gasteiger partial charge in [-0.2, -0.15) is 0 Å². The van der Waals surface area contributed by atoms with Crippen LogP contribution in [-0.2, 0) is 25.6 Å². The molecule has 2 aromatic heterocycles. The van der Waals surface area contributed by atoms with Gasteiger partial charge in [-0.15, -0.1) is 11.3 Å². The van der Waals surface area contributed by atoms with Gasteiger partial charge in [0.1, 0.15) is 24.7 Å². The molecule has 2 aliphatic rings. The number of anilines is 1. The van der Waals surface area contributed by atoms with Gasteiger partial charge in [0.15, 0.2) is 5.76 Å². The topological polar surface area (TPSA) is 189 Å². The lowest BCUT2D eigenvalue weighted by atomic mass is 9.79. The Morgan fingerprint density at radius 1 is 0.903 bits per heavy atom. The second-order valence-electron chi connectivity index (χ2n) is 18.5.